The summed E-state index contributed by atoms with van der Waals surface area (Å²) in [4.78, 5) is 12.7. The number of sulfonamides is 1. The van der Waals surface area contributed by atoms with E-state index in [4.69, 9.17) is 0 Å². The normalized spacial score (nSPS) is 11.4. The zero-order valence-electron chi connectivity index (χ0n) is 17.5. The average Bonchev–Trinajstić information content (AvgIpc) is 2.79. The third-order valence-electron chi connectivity index (χ3n) is 4.73. The molecule has 0 radical (unpaired) electrons. The molecule has 0 fully saturated rings. The highest BCUT2D eigenvalue weighted by molar-refractivity contribution is 7.92. The van der Waals surface area contributed by atoms with E-state index >= 15 is 0 Å². The molecule has 0 aliphatic rings. The molecular weight excluding hydrogens is 410 g/mol. The van der Waals surface area contributed by atoms with E-state index in [0.717, 1.165) is 27.4 Å². The summed E-state index contributed by atoms with van der Waals surface area (Å²) in [6, 6.07) is 22.8. The van der Waals surface area contributed by atoms with Gasteiger partial charge < -0.3 is 0 Å². The van der Waals surface area contributed by atoms with Gasteiger partial charge in [-0.05, 0) is 48.7 Å². The lowest BCUT2D eigenvalue weighted by atomic mass is 10.1. The van der Waals surface area contributed by atoms with Crippen LogP contribution in [-0.2, 0) is 21.2 Å². The summed E-state index contributed by atoms with van der Waals surface area (Å²) in [5, 5.41) is 3.95. The maximum Gasteiger partial charge on any atom is 0.264 e. The Morgan fingerprint density at radius 1 is 0.968 bits per heavy atom. The Kier molecular flexibility index (Phi) is 7.20. The fourth-order valence-corrected chi connectivity index (χ4v) is 4.37. The molecule has 0 aromatic heterocycles. The van der Waals surface area contributed by atoms with Crippen molar-refractivity contribution in [3.05, 3.63) is 95.6 Å². The Morgan fingerprint density at radius 2 is 1.61 bits per heavy atom. The van der Waals surface area contributed by atoms with Gasteiger partial charge in [0.25, 0.3) is 15.9 Å². The van der Waals surface area contributed by atoms with Gasteiger partial charge in [0, 0.05) is 0 Å². The zero-order chi connectivity index (χ0) is 22.3. The fraction of sp³-hybridized carbons (Fsp3) is 0.167. The summed E-state index contributed by atoms with van der Waals surface area (Å²) in [6.45, 7) is 3.61. The van der Waals surface area contributed by atoms with Gasteiger partial charge in [-0.1, -0.05) is 67.1 Å². The molecule has 3 rings (SSSR count). The summed E-state index contributed by atoms with van der Waals surface area (Å²) in [5.74, 6) is -0.539. The number of anilines is 1. The van der Waals surface area contributed by atoms with Crippen molar-refractivity contribution in [1.29, 1.82) is 0 Å². The summed E-state index contributed by atoms with van der Waals surface area (Å²) < 4.78 is 27.6. The lowest BCUT2D eigenvalue weighted by Crippen LogP contribution is -2.39. The Labute approximate surface area is 183 Å². The van der Waals surface area contributed by atoms with Gasteiger partial charge in [-0.15, -0.1) is 0 Å². The monoisotopic (exact) mass is 435 g/mol. The molecular formula is C24H25N3O3S. The molecule has 0 saturated carbocycles. The van der Waals surface area contributed by atoms with Crippen molar-refractivity contribution in [2.24, 2.45) is 5.10 Å². The van der Waals surface area contributed by atoms with Crippen LogP contribution in [0.2, 0.25) is 0 Å². The number of nitrogens with one attached hydrogen (secondary N) is 1. The SMILES string of the molecule is CCc1ccc(N(CC(=O)N/N=C\c2ccc(C)cc2)S(=O)(=O)c2ccccc2)cc1. The van der Waals surface area contributed by atoms with Crippen LogP contribution in [0.4, 0.5) is 5.69 Å². The first kappa shape index (κ1) is 22.2. The van der Waals surface area contributed by atoms with E-state index < -0.39 is 22.5 Å². The number of benzene rings is 3. The summed E-state index contributed by atoms with van der Waals surface area (Å²) in [7, 11) is -3.93. The number of hydrogen-bond donors (Lipinski definition) is 1. The van der Waals surface area contributed by atoms with Crippen molar-refractivity contribution < 1.29 is 13.2 Å². The minimum atomic E-state index is -3.93. The highest BCUT2D eigenvalue weighted by Gasteiger charge is 2.27. The number of hydrogen-bond acceptors (Lipinski definition) is 4. The van der Waals surface area contributed by atoms with E-state index in [2.05, 4.69) is 10.5 Å². The van der Waals surface area contributed by atoms with Crippen molar-refractivity contribution in [3.8, 4) is 0 Å². The van der Waals surface area contributed by atoms with E-state index in [9.17, 15) is 13.2 Å². The van der Waals surface area contributed by atoms with Crippen LogP contribution in [0.5, 0.6) is 0 Å². The minimum absolute atomic E-state index is 0.116. The van der Waals surface area contributed by atoms with Crippen molar-refractivity contribution >= 4 is 27.8 Å². The van der Waals surface area contributed by atoms with E-state index in [-0.39, 0.29) is 4.90 Å². The minimum Gasteiger partial charge on any atom is -0.271 e. The van der Waals surface area contributed by atoms with Crippen molar-refractivity contribution in [1.82, 2.24) is 5.43 Å². The van der Waals surface area contributed by atoms with Gasteiger partial charge in [0.05, 0.1) is 16.8 Å². The second-order valence-corrected chi connectivity index (χ2v) is 8.91. The van der Waals surface area contributed by atoms with Gasteiger partial charge in [0.15, 0.2) is 0 Å². The molecule has 0 unspecified atom stereocenters. The van der Waals surface area contributed by atoms with E-state index in [1.165, 1.54) is 18.3 Å². The first-order chi connectivity index (χ1) is 14.9. The molecule has 0 aliphatic carbocycles. The highest BCUT2D eigenvalue weighted by atomic mass is 32.2. The lowest BCUT2D eigenvalue weighted by Gasteiger charge is -2.24. The molecule has 0 aliphatic heterocycles. The molecule has 0 heterocycles. The van der Waals surface area contributed by atoms with Gasteiger partial charge in [-0.25, -0.2) is 13.8 Å². The van der Waals surface area contributed by atoms with Crippen LogP contribution in [0.15, 0.2) is 88.9 Å². The van der Waals surface area contributed by atoms with Crippen molar-refractivity contribution in [3.63, 3.8) is 0 Å². The largest absolute Gasteiger partial charge is 0.271 e. The fourth-order valence-electron chi connectivity index (χ4n) is 2.93. The van der Waals surface area contributed by atoms with Crippen LogP contribution in [0.1, 0.15) is 23.6 Å². The summed E-state index contributed by atoms with van der Waals surface area (Å²) in [5.41, 5.74) is 5.86. The van der Waals surface area contributed by atoms with Crippen LogP contribution in [0.25, 0.3) is 0 Å². The van der Waals surface area contributed by atoms with E-state index in [1.807, 2.05) is 50.2 Å². The zero-order valence-corrected chi connectivity index (χ0v) is 18.3. The predicted molar refractivity (Wildman–Crippen MR) is 124 cm³/mol. The van der Waals surface area contributed by atoms with Crippen LogP contribution in [0, 0.1) is 6.92 Å². The topological polar surface area (TPSA) is 78.8 Å². The molecule has 3 aromatic rings. The Morgan fingerprint density at radius 3 is 2.23 bits per heavy atom. The smallest absolute Gasteiger partial charge is 0.264 e. The molecule has 1 amide bonds. The number of carbonyl (C=O) groups excluding carboxylic acids is 1. The molecule has 0 bridgehead atoms. The maximum atomic E-state index is 13.3. The third kappa shape index (κ3) is 5.79. The summed E-state index contributed by atoms with van der Waals surface area (Å²) >= 11 is 0. The quantitative estimate of drug-likeness (QED) is 0.430. The van der Waals surface area contributed by atoms with E-state index in [1.54, 1.807) is 30.3 Å². The molecule has 1 N–H and O–H groups in total. The second-order valence-electron chi connectivity index (χ2n) is 7.05. The van der Waals surface area contributed by atoms with Gasteiger partial charge in [-0.3, -0.25) is 9.10 Å². The first-order valence-electron chi connectivity index (χ1n) is 9.95. The van der Waals surface area contributed by atoms with Crippen molar-refractivity contribution in [2.45, 2.75) is 25.2 Å². The standard InChI is InChI=1S/C24H25N3O3S/c1-3-20-13-15-22(16-14-20)27(31(29,30)23-7-5-4-6-8-23)18-24(28)26-25-17-21-11-9-19(2)10-12-21/h4-17H,3,18H2,1-2H3,(H,26,28)/b25-17-. The van der Waals surface area contributed by atoms with Gasteiger partial charge in [-0.2, -0.15) is 5.10 Å². The van der Waals surface area contributed by atoms with Gasteiger partial charge in [0.1, 0.15) is 6.54 Å². The Balaban J connectivity index is 1.82. The lowest BCUT2D eigenvalue weighted by molar-refractivity contribution is -0.119. The summed E-state index contributed by atoms with van der Waals surface area (Å²) in [6.07, 6.45) is 2.35. The van der Waals surface area contributed by atoms with Crippen LogP contribution >= 0.6 is 0 Å². The number of hydrazone groups is 1. The Hall–Kier alpha value is -3.45. The molecule has 0 atom stereocenters. The predicted octanol–water partition coefficient (Wildman–Crippen LogP) is 3.90. The number of aryl methyl sites for hydroxylation is 2. The van der Waals surface area contributed by atoms with E-state index in [0.29, 0.717) is 5.69 Å². The maximum absolute atomic E-state index is 13.3. The first-order valence-corrected chi connectivity index (χ1v) is 11.4. The number of nitrogens with zero attached hydrogens (tertiary/aromatic N) is 2. The molecule has 3 aromatic carbocycles. The van der Waals surface area contributed by atoms with Crippen LogP contribution in [-0.4, -0.2) is 27.1 Å². The van der Waals surface area contributed by atoms with Crippen LogP contribution < -0.4 is 9.73 Å². The number of amides is 1. The molecule has 0 spiro atoms. The molecule has 0 saturated heterocycles. The number of carbonyl (C=O) groups is 1. The van der Waals surface area contributed by atoms with Gasteiger partial charge in [0.2, 0.25) is 0 Å². The van der Waals surface area contributed by atoms with Crippen molar-refractivity contribution in [2.75, 3.05) is 10.8 Å². The molecule has 7 heteroatoms. The Bertz CT molecular complexity index is 1140. The number of rotatable bonds is 8. The third-order valence-corrected chi connectivity index (χ3v) is 6.52. The van der Waals surface area contributed by atoms with Crippen LogP contribution in [0.3, 0.4) is 0 Å². The van der Waals surface area contributed by atoms with Gasteiger partial charge >= 0.3 is 0 Å². The molecule has 6 nitrogen and oxygen atoms in total. The molecule has 31 heavy (non-hydrogen) atoms. The second kappa shape index (κ2) is 10.0. The molecule has 160 valence electrons. The highest BCUT2D eigenvalue weighted by Crippen LogP contribution is 2.24. The average molecular weight is 436 g/mol.